The van der Waals surface area contributed by atoms with Crippen molar-refractivity contribution in [1.82, 2.24) is 14.9 Å². The summed E-state index contributed by atoms with van der Waals surface area (Å²) in [6, 6.07) is 3.14. The molecular formula is C17H17F3N4O. The minimum Gasteiger partial charge on any atom is -0.343 e. The Bertz CT molecular complexity index is 799. The lowest BCUT2D eigenvalue weighted by Gasteiger charge is -2.35. The van der Waals surface area contributed by atoms with Crippen LogP contribution in [0.25, 0.3) is 0 Å². The highest BCUT2D eigenvalue weighted by atomic mass is 19.1. The van der Waals surface area contributed by atoms with Crippen molar-refractivity contribution in [3.05, 3.63) is 53.2 Å². The van der Waals surface area contributed by atoms with Gasteiger partial charge in [0.15, 0.2) is 11.6 Å². The molecule has 25 heavy (non-hydrogen) atoms. The molecule has 0 unspecified atom stereocenters. The van der Waals surface area contributed by atoms with Gasteiger partial charge in [0.25, 0.3) is 0 Å². The SMILES string of the molecule is CCc1ncnc(N2CCN(Cc3cc(F)ccc3F)C(=O)C2)c1F. The van der Waals surface area contributed by atoms with Gasteiger partial charge in [-0.1, -0.05) is 6.92 Å². The number of aromatic nitrogens is 2. The number of carbonyl (C=O) groups excluding carboxylic acids is 1. The van der Waals surface area contributed by atoms with Crippen LogP contribution >= 0.6 is 0 Å². The van der Waals surface area contributed by atoms with Crippen LogP contribution in [0.2, 0.25) is 0 Å². The molecule has 0 atom stereocenters. The Labute approximate surface area is 143 Å². The molecule has 1 aliphatic heterocycles. The van der Waals surface area contributed by atoms with E-state index in [-0.39, 0.29) is 36.9 Å². The van der Waals surface area contributed by atoms with E-state index in [0.29, 0.717) is 18.7 Å². The minimum atomic E-state index is -0.564. The first-order chi connectivity index (χ1) is 12.0. The van der Waals surface area contributed by atoms with Gasteiger partial charge in [-0.2, -0.15) is 0 Å². The first-order valence-corrected chi connectivity index (χ1v) is 7.95. The number of piperazine rings is 1. The van der Waals surface area contributed by atoms with Gasteiger partial charge >= 0.3 is 0 Å². The van der Waals surface area contributed by atoms with E-state index in [1.54, 1.807) is 6.92 Å². The summed E-state index contributed by atoms with van der Waals surface area (Å²) in [4.78, 5) is 23.1. The Morgan fingerprint density at radius 3 is 2.68 bits per heavy atom. The maximum absolute atomic E-state index is 14.3. The summed E-state index contributed by atoms with van der Waals surface area (Å²) in [5.41, 5.74) is 0.407. The fourth-order valence-corrected chi connectivity index (χ4v) is 2.79. The lowest BCUT2D eigenvalue weighted by molar-refractivity contribution is -0.131. The number of amides is 1. The summed E-state index contributed by atoms with van der Waals surface area (Å²) in [7, 11) is 0. The molecule has 1 fully saturated rings. The molecule has 1 saturated heterocycles. The number of nitrogens with zero attached hydrogens (tertiary/aromatic N) is 4. The quantitative estimate of drug-likeness (QED) is 0.849. The number of halogens is 3. The first-order valence-electron chi connectivity index (χ1n) is 7.95. The predicted molar refractivity (Wildman–Crippen MR) is 85.4 cm³/mol. The van der Waals surface area contributed by atoms with Crippen LogP contribution < -0.4 is 4.90 Å². The number of hydrogen-bond donors (Lipinski definition) is 0. The highest BCUT2D eigenvalue weighted by Gasteiger charge is 2.28. The first kappa shape index (κ1) is 17.2. The maximum Gasteiger partial charge on any atom is 0.242 e. The van der Waals surface area contributed by atoms with E-state index in [0.717, 1.165) is 18.2 Å². The molecule has 5 nitrogen and oxygen atoms in total. The van der Waals surface area contributed by atoms with E-state index in [1.807, 2.05) is 0 Å². The Morgan fingerprint density at radius 2 is 1.96 bits per heavy atom. The van der Waals surface area contributed by atoms with Crippen LogP contribution in [0, 0.1) is 17.5 Å². The second-order valence-corrected chi connectivity index (χ2v) is 5.78. The largest absolute Gasteiger partial charge is 0.343 e. The topological polar surface area (TPSA) is 49.3 Å². The summed E-state index contributed by atoms with van der Waals surface area (Å²) < 4.78 is 41.4. The van der Waals surface area contributed by atoms with Gasteiger partial charge in [-0.3, -0.25) is 4.79 Å². The molecule has 1 amide bonds. The molecule has 2 heterocycles. The third kappa shape index (κ3) is 3.57. The zero-order valence-corrected chi connectivity index (χ0v) is 13.7. The van der Waals surface area contributed by atoms with E-state index < -0.39 is 17.5 Å². The Morgan fingerprint density at radius 1 is 1.16 bits per heavy atom. The predicted octanol–water partition coefficient (Wildman–Crippen LogP) is 2.31. The van der Waals surface area contributed by atoms with Gasteiger partial charge in [0.1, 0.15) is 18.0 Å². The van der Waals surface area contributed by atoms with Crippen molar-refractivity contribution in [3.63, 3.8) is 0 Å². The maximum atomic E-state index is 14.3. The van der Waals surface area contributed by atoms with Gasteiger partial charge in [0, 0.05) is 25.2 Å². The zero-order chi connectivity index (χ0) is 18.0. The van der Waals surface area contributed by atoms with Gasteiger partial charge in [-0.05, 0) is 24.6 Å². The number of carbonyl (C=O) groups is 1. The molecule has 8 heteroatoms. The number of aryl methyl sites for hydroxylation is 1. The zero-order valence-electron chi connectivity index (χ0n) is 13.7. The third-order valence-corrected chi connectivity index (χ3v) is 4.17. The molecular weight excluding hydrogens is 333 g/mol. The average Bonchev–Trinajstić information content (AvgIpc) is 2.60. The van der Waals surface area contributed by atoms with Crippen LogP contribution in [0.1, 0.15) is 18.2 Å². The third-order valence-electron chi connectivity index (χ3n) is 4.17. The molecule has 1 aromatic carbocycles. The minimum absolute atomic E-state index is 0.0251. The molecule has 3 rings (SSSR count). The van der Waals surface area contributed by atoms with Crippen LogP contribution in [-0.4, -0.2) is 40.4 Å². The number of anilines is 1. The molecule has 1 aliphatic rings. The van der Waals surface area contributed by atoms with Gasteiger partial charge in [0.05, 0.1) is 12.2 Å². The van der Waals surface area contributed by atoms with Crippen molar-refractivity contribution in [2.75, 3.05) is 24.5 Å². The summed E-state index contributed by atoms with van der Waals surface area (Å²) in [5.74, 6) is -1.85. The van der Waals surface area contributed by atoms with E-state index in [2.05, 4.69) is 9.97 Å². The van der Waals surface area contributed by atoms with Crippen LogP contribution in [0.4, 0.5) is 19.0 Å². The van der Waals surface area contributed by atoms with Crippen LogP contribution in [0.15, 0.2) is 24.5 Å². The van der Waals surface area contributed by atoms with E-state index in [4.69, 9.17) is 0 Å². The van der Waals surface area contributed by atoms with Crippen LogP contribution in [0.5, 0.6) is 0 Å². The highest BCUT2D eigenvalue weighted by Crippen LogP contribution is 2.21. The van der Waals surface area contributed by atoms with Gasteiger partial charge < -0.3 is 9.80 Å². The van der Waals surface area contributed by atoms with Gasteiger partial charge in [-0.15, -0.1) is 0 Å². The monoisotopic (exact) mass is 350 g/mol. The lowest BCUT2D eigenvalue weighted by atomic mass is 10.1. The molecule has 1 aromatic heterocycles. The van der Waals surface area contributed by atoms with E-state index in [1.165, 1.54) is 16.1 Å². The number of benzene rings is 1. The molecule has 0 spiro atoms. The fourth-order valence-electron chi connectivity index (χ4n) is 2.79. The molecule has 0 saturated carbocycles. The molecule has 0 aliphatic carbocycles. The molecule has 0 bridgehead atoms. The summed E-state index contributed by atoms with van der Waals surface area (Å²) in [6.07, 6.45) is 1.70. The van der Waals surface area contributed by atoms with Gasteiger partial charge in [0.2, 0.25) is 5.91 Å². The molecule has 132 valence electrons. The molecule has 0 N–H and O–H groups in total. The van der Waals surface area contributed by atoms with E-state index in [9.17, 15) is 18.0 Å². The summed E-state index contributed by atoms with van der Waals surface area (Å²) >= 11 is 0. The van der Waals surface area contributed by atoms with Crippen LogP contribution in [-0.2, 0) is 17.8 Å². The Balaban J connectivity index is 1.73. The van der Waals surface area contributed by atoms with Crippen LogP contribution in [0.3, 0.4) is 0 Å². The highest BCUT2D eigenvalue weighted by molar-refractivity contribution is 5.82. The average molecular weight is 350 g/mol. The van der Waals surface area contributed by atoms with Crippen molar-refractivity contribution in [2.45, 2.75) is 19.9 Å². The summed E-state index contributed by atoms with van der Waals surface area (Å²) in [5, 5.41) is 0. The second-order valence-electron chi connectivity index (χ2n) is 5.78. The van der Waals surface area contributed by atoms with Crippen molar-refractivity contribution >= 4 is 11.7 Å². The van der Waals surface area contributed by atoms with Crippen molar-refractivity contribution in [2.24, 2.45) is 0 Å². The van der Waals surface area contributed by atoms with Crippen molar-refractivity contribution < 1.29 is 18.0 Å². The molecule has 2 aromatic rings. The standard InChI is InChI=1S/C17H17F3N4O/c1-2-14-16(20)17(22-10-21-14)24-6-5-23(15(25)9-24)8-11-7-12(18)3-4-13(11)19/h3-4,7,10H,2,5-6,8-9H2,1H3. The molecule has 0 radical (unpaired) electrons. The Hall–Kier alpha value is -2.64. The second kappa shape index (κ2) is 7.08. The summed E-state index contributed by atoms with van der Waals surface area (Å²) in [6.45, 7) is 2.29. The number of rotatable bonds is 4. The van der Waals surface area contributed by atoms with Gasteiger partial charge in [-0.25, -0.2) is 23.1 Å². The number of hydrogen-bond acceptors (Lipinski definition) is 4. The van der Waals surface area contributed by atoms with Crippen molar-refractivity contribution in [1.29, 1.82) is 0 Å². The lowest BCUT2D eigenvalue weighted by Crippen LogP contribution is -2.50. The smallest absolute Gasteiger partial charge is 0.242 e. The normalized spacial score (nSPS) is 15.0. The fraction of sp³-hybridized carbons (Fsp3) is 0.353. The van der Waals surface area contributed by atoms with Crippen molar-refractivity contribution in [3.8, 4) is 0 Å². The Kier molecular flexibility index (Phi) is 4.87. The van der Waals surface area contributed by atoms with E-state index >= 15 is 0 Å².